The van der Waals surface area contributed by atoms with E-state index in [-0.39, 0.29) is 5.91 Å². The predicted octanol–water partition coefficient (Wildman–Crippen LogP) is 3.47. The number of halogens is 1. The van der Waals surface area contributed by atoms with Crippen LogP contribution in [0.25, 0.3) is 0 Å². The lowest BCUT2D eigenvalue weighted by atomic mass is 10.3. The maximum atomic E-state index is 11.8. The van der Waals surface area contributed by atoms with Crippen LogP contribution in [0.4, 0.5) is 5.82 Å². The van der Waals surface area contributed by atoms with Gasteiger partial charge in [-0.1, -0.05) is 0 Å². The van der Waals surface area contributed by atoms with Gasteiger partial charge in [0.05, 0.1) is 0 Å². The average molecular weight is 297 g/mol. The molecule has 3 nitrogen and oxygen atoms in total. The van der Waals surface area contributed by atoms with Crippen molar-refractivity contribution in [2.45, 2.75) is 6.92 Å². The lowest BCUT2D eigenvalue weighted by Gasteiger charge is -2.03. The molecule has 0 aliphatic heterocycles. The van der Waals surface area contributed by atoms with Crippen LogP contribution in [0.1, 0.15) is 15.2 Å². The van der Waals surface area contributed by atoms with Crippen molar-refractivity contribution in [1.29, 1.82) is 0 Å². The van der Waals surface area contributed by atoms with Crippen LogP contribution in [0.15, 0.2) is 34.2 Å². The number of thiophene rings is 1. The molecule has 1 N–H and O–H groups in total. The highest BCUT2D eigenvalue weighted by molar-refractivity contribution is 9.10. The molecule has 0 saturated carbocycles. The largest absolute Gasteiger partial charge is 0.306 e. The number of nitrogens with one attached hydrogen (secondary N) is 1. The fourth-order valence-corrected chi connectivity index (χ4v) is 2.68. The van der Waals surface area contributed by atoms with Gasteiger partial charge in [0.1, 0.15) is 10.7 Å². The van der Waals surface area contributed by atoms with Gasteiger partial charge in [0, 0.05) is 10.7 Å². The molecular weight excluding hydrogens is 288 g/mol. The Morgan fingerprint density at radius 1 is 1.50 bits per heavy atom. The van der Waals surface area contributed by atoms with E-state index < -0.39 is 0 Å². The van der Waals surface area contributed by atoms with Gasteiger partial charge in [-0.05, 0) is 52.0 Å². The van der Waals surface area contributed by atoms with E-state index in [0.29, 0.717) is 10.7 Å². The molecule has 1 amide bonds. The molecule has 82 valence electrons. The molecule has 0 atom stereocenters. The van der Waals surface area contributed by atoms with Gasteiger partial charge in [0.2, 0.25) is 0 Å². The second-order valence-corrected chi connectivity index (χ2v) is 5.04. The Labute approximate surface area is 106 Å². The van der Waals surface area contributed by atoms with E-state index in [1.165, 1.54) is 11.3 Å². The molecule has 0 aliphatic carbocycles. The molecule has 0 spiro atoms. The quantitative estimate of drug-likeness (QED) is 0.922. The maximum absolute atomic E-state index is 11.8. The third kappa shape index (κ3) is 2.48. The Hall–Kier alpha value is -1.20. The molecule has 2 aromatic heterocycles. The fourth-order valence-electron chi connectivity index (χ4n) is 1.23. The van der Waals surface area contributed by atoms with Crippen molar-refractivity contribution in [1.82, 2.24) is 4.98 Å². The molecular formula is C11H9BrN2OS. The van der Waals surface area contributed by atoms with Crippen LogP contribution in [-0.4, -0.2) is 10.9 Å². The number of carbonyl (C=O) groups is 1. The second-order valence-electron chi connectivity index (χ2n) is 3.27. The number of carbonyl (C=O) groups excluding carboxylic acids is 1. The zero-order valence-electron chi connectivity index (χ0n) is 8.53. The maximum Gasteiger partial charge on any atom is 0.268 e. The molecule has 16 heavy (non-hydrogen) atoms. The van der Waals surface area contributed by atoms with Crippen molar-refractivity contribution in [3.63, 3.8) is 0 Å². The number of rotatable bonds is 2. The van der Waals surface area contributed by atoms with Crippen LogP contribution >= 0.6 is 27.3 Å². The summed E-state index contributed by atoms with van der Waals surface area (Å²) in [5.74, 6) is 0.435. The van der Waals surface area contributed by atoms with Crippen LogP contribution < -0.4 is 5.32 Å². The Bertz CT molecular complexity index is 524. The number of amides is 1. The summed E-state index contributed by atoms with van der Waals surface area (Å²) >= 11 is 4.72. The Morgan fingerprint density at radius 2 is 2.31 bits per heavy atom. The molecule has 2 aromatic rings. The first-order valence-electron chi connectivity index (χ1n) is 4.64. The van der Waals surface area contributed by atoms with E-state index in [9.17, 15) is 4.79 Å². The molecule has 2 rings (SSSR count). The Balaban J connectivity index is 2.17. The molecule has 0 radical (unpaired) electrons. The summed E-state index contributed by atoms with van der Waals surface area (Å²) in [4.78, 5) is 16.6. The van der Waals surface area contributed by atoms with Crippen LogP contribution in [0.5, 0.6) is 0 Å². The summed E-state index contributed by atoms with van der Waals surface area (Å²) in [5, 5.41) is 4.62. The molecule has 0 saturated heterocycles. The molecule has 0 aromatic carbocycles. The predicted molar refractivity (Wildman–Crippen MR) is 68.9 cm³/mol. The van der Waals surface area contributed by atoms with Crippen molar-refractivity contribution < 1.29 is 4.79 Å². The standard InChI is InChI=1S/C11H9BrN2OS/c1-7-2-4-13-9(6-7)14-11(15)10-8(12)3-5-16-10/h2-6H,1H3,(H,13,14,15). The normalized spacial score (nSPS) is 10.1. The van der Waals surface area contributed by atoms with Gasteiger partial charge < -0.3 is 5.32 Å². The van der Waals surface area contributed by atoms with Gasteiger partial charge in [-0.2, -0.15) is 0 Å². The van der Waals surface area contributed by atoms with E-state index in [4.69, 9.17) is 0 Å². The minimum Gasteiger partial charge on any atom is -0.306 e. The van der Waals surface area contributed by atoms with E-state index in [1.54, 1.807) is 6.20 Å². The molecule has 2 heterocycles. The van der Waals surface area contributed by atoms with E-state index in [2.05, 4.69) is 26.2 Å². The first-order valence-corrected chi connectivity index (χ1v) is 6.31. The number of nitrogens with zero attached hydrogens (tertiary/aromatic N) is 1. The van der Waals surface area contributed by atoms with Crippen LogP contribution in [0, 0.1) is 6.92 Å². The number of pyridine rings is 1. The zero-order valence-corrected chi connectivity index (χ0v) is 10.9. The number of hydrogen-bond acceptors (Lipinski definition) is 3. The van der Waals surface area contributed by atoms with E-state index in [1.807, 2.05) is 30.5 Å². The highest BCUT2D eigenvalue weighted by atomic mass is 79.9. The van der Waals surface area contributed by atoms with Crippen molar-refractivity contribution in [2.75, 3.05) is 5.32 Å². The minimum absolute atomic E-state index is 0.139. The number of aromatic nitrogens is 1. The number of aryl methyl sites for hydroxylation is 1. The third-order valence-corrected chi connectivity index (χ3v) is 3.82. The summed E-state index contributed by atoms with van der Waals surface area (Å²) in [6, 6.07) is 5.57. The van der Waals surface area contributed by atoms with E-state index in [0.717, 1.165) is 10.0 Å². The van der Waals surface area contributed by atoms with Crippen LogP contribution in [0.2, 0.25) is 0 Å². The fraction of sp³-hybridized carbons (Fsp3) is 0.0909. The molecule has 0 aliphatic rings. The number of hydrogen-bond donors (Lipinski definition) is 1. The SMILES string of the molecule is Cc1ccnc(NC(=O)c2sccc2Br)c1. The van der Waals surface area contributed by atoms with Gasteiger partial charge in [0.15, 0.2) is 0 Å². The van der Waals surface area contributed by atoms with Crippen LogP contribution in [0.3, 0.4) is 0 Å². The summed E-state index contributed by atoms with van der Waals surface area (Å²) in [7, 11) is 0. The smallest absolute Gasteiger partial charge is 0.268 e. The third-order valence-electron chi connectivity index (χ3n) is 1.98. The Kier molecular flexibility index (Phi) is 3.36. The van der Waals surface area contributed by atoms with Gasteiger partial charge in [-0.15, -0.1) is 11.3 Å². The van der Waals surface area contributed by atoms with Gasteiger partial charge in [0.25, 0.3) is 5.91 Å². The molecule has 0 fully saturated rings. The first-order chi connectivity index (χ1) is 7.66. The van der Waals surface area contributed by atoms with Crippen molar-refractivity contribution in [3.05, 3.63) is 44.7 Å². The summed E-state index contributed by atoms with van der Waals surface area (Å²) in [6.45, 7) is 1.96. The Morgan fingerprint density at radius 3 is 2.94 bits per heavy atom. The van der Waals surface area contributed by atoms with Crippen molar-refractivity contribution in [3.8, 4) is 0 Å². The lowest BCUT2D eigenvalue weighted by molar-refractivity contribution is 0.102. The average Bonchev–Trinajstić information content (AvgIpc) is 2.64. The molecule has 5 heteroatoms. The zero-order chi connectivity index (χ0) is 11.5. The summed E-state index contributed by atoms with van der Waals surface area (Å²) < 4.78 is 0.808. The topological polar surface area (TPSA) is 42.0 Å². The van der Waals surface area contributed by atoms with E-state index >= 15 is 0 Å². The highest BCUT2D eigenvalue weighted by Crippen LogP contribution is 2.23. The minimum atomic E-state index is -0.139. The molecule has 0 bridgehead atoms. The van der Waals surface area contributed by atoms with Crippen molar-refractivity contribution >= 4 is 39.0 Å². The van der Waals surface area contributed by atoms with Crippen LogP contribution in [-0.2, 0) is 0 Å². The van der Waals surface area contributed by atoms with Gasteiger partial charge >= 0.3 is 0 Å². The van der Waals surface area contributed by atoms with Crippen molar-refractivity contribution in [2.24, 2.45) is 0 Å². The summed E-state index contributed by atoms with van der Waals surface area (Å²) in [6.07, 6.45) is 1.68. The van der Waals surface area contributed by atoms with Gasteiger partial charge in [-0.25, -0.2) is 4.98 Å². The summed E-state index contributed by atoms with van der Waals surface area (Å²) in [5.41, 5.74) is 1.07. The second kappa shape index (κ2) is 4.76. The molecule has 0 unspecified atom stereocenters. The first kappa shape index (κ1) is 11.3. The van der Waals surface area contributed by atoms with Gasteiger partial charge in [-0.3, -0.25) is 4.79 Å². The monoisotopic (exact) mass is 296 g/mol. The lowest BCUT2D eigenvalue weighted by Crippen LogP contribution is -2.11. The highest BCUT2D eigenvalue weighted by Gasteiger charge is 2.11. The number of anilines is 1.